The van der Waals surface area contributed by atoms with E-state index in [4.69, 9.17) is 11.6 Å². The first-order chi connectivity index (χ1) is 15.1. The van der Waals surface area contributed by atoms with Crippen molar-refractivity contribution in [1.29, 1.82) is 0 Å². The van der Waals surface area contributed by atoms with Gasteiger partial charge in [-0.15, -0.1) is 0 Å². The van der Waals surface area contributed by atoms with Gasteiger partial charge in [-0.05, 0) is 62.3 Å². The number of piperidine rings is 1. The van der Waals surface area contributed by atoms with Crippen molar-refractivity contribution < 1.29 is 9.59 Å². The number of aromatic nitrogens is 4. The summed E-state index contributed by atoms with van der Waals surface area (Å²) in [5.74, 6) is 1.34. The summed E-state index contributed by atoms with van der Waals surface area (Å²) < 4.78 is 0. The third-order valence-electron chi connectivity index (χ3n) is 5.96. The molecule has 0 spiro atoms. The summed E-state index contributed by atoms with van der Waals surface area (Å²) in [6.07, 6.45) is 3.61. The third kappa shape index (κ3) is 3.84. The van der Waals surface area contributed by atoms with Gasteiger partial charge in [-0.1, -0.05) is 17.7 Å². The standard InChI is InChI=1S/C22H21ClN6O2/c23-15-4-6-16(7-5-15)29-19(30)13-18(22(29)31)28-11-8-14(9-12-28)20-25-21(27-26-20)17-3-1-2-10-24-17/h1-7,10,14,18H,8-9,11-13H2,(H,25,26,27)/t18-/m1/s1. The zero-order valence-corrected chi connectivity index (χ0v) is 17.5. The summed E-state index contributed by atoms with van der Waals surface area (Å²) in [5, 5.41) is 7.92. The molecule has 4 heterocycles. The Morgan fingerprint density at radius 2 is 1.81 bits per heavy atom. The summed E-state index contributed by atoms with van der Waals surface area (Å²) in [6, 6.07) is 12.0. The highest BCUT2D eigenvalue weighted by Crippen LogP contribution is 2.32. The number of hydrogen-bond acceptors (Lipinski definition) is 6. The minimum atomic E-state index is -0.414. The van der Waals surface area contributed by atoms with E-state index in [0.717, 1.165) is 37.4 Å². The lowest BCUT2D eigenvalue weighted by Crippen LogP contribution is -2.45. The van der Waals surface area contributed by atoms with Gasteiger partial charge in [0.2, 0.25) is 5.91 Å². The SMILES string of the molecule is O=C1C[C@@H](N2CCC(c3nc(-c4ccccn4)n[nH]3)CC2)C(=O)N1c1ccc(Cl)cc1. The molecule has 158 valence electrons. The highest BCUT2D eigenvalue weighted by Gasteiger charge is 2.43. The molecule has 2 saturated heterocycles. The average Bonchev–Trinajstić information content (AvgIpc) is 3.40. The average molecular weight is 437 g/mol. The van der Waals surface area contributed by atoms with Crippen LogP contribution >= 0.6 is 11.6 Å². The second-order valence-corrected chi connectivity index (χ2v) is 8.27. The maximum atomic E-state index is 13.0. The van der Waals surface area contributed by atoms with Crippen LogP contribution in [-0.2, 0) is 9.59 Å². The predicted octanol–water partition coefficient (Wildman–Crippen LogP) is 3.03. The fourth-order valence-electron chi connectivity index (χ4n) is 4.31. The molecule has 31 heavy (non-hydrogen) atoms. The molecule has 1 aromatic carbocycles. The Hall–Kier alpha value is -3.10. The predicted molar refractivity (Wildman–Crippen MR) is 116 cm³/mol. The van der Waals surface area contributed by atoms with Gasteiger partial charge < -0.3 is 0 Å². The van der Waals surface area contributed by atoms with Gasteiger partial charge in [0, 0.05) is 17.1 Å². The van der Waals surface area contributed by atoms with Crippen LogP contribution in [0.15, 0.2) is 48.7 Å². The smallest absolute Gasteiger partial charge is 0.251 e. The minimum Gasteiger partial charge on any atom is -0.291 e. The topological polar surface area (TPSA) is 95.1 Å². The van der Waals surface area contributed by atoms with Crippen LogP contribution in [0.4, 0.5) is 5.69 Å². The quantitative estimate of drug-likeness (QED) is 0.631. The molecule has 5 rings (SSSR count). The van der Waals surface area contributed by atoms with E-state index in [1.54, 1.807) is 30.5 Å². The Kier molecular flexibility index (Phi) is 5.25. The Balaban J connectivity index is 1.24. The molecular weight excluding hydrogens is 416 g/mol. The lowest BCUT2D eigenvalue weighted by Gasteiger charge is -2.33. The largest absolute Gasteiger partial charge is 0.291 e. The van der Waals surface area contributed by atoms with E-state index in [-0.39, 0.29) is 24.2 Å². The van der Waals surface area contributed by atoms with Gasteiger partial charge in [0.15, 0.2) is 5.82 Å². The number of nitrogens with zero attached hydrogens (tertiary/aromatic N) is 5. The van der Waals surface area contributed by atoms with E-state index in [2.05, 4.69) is 25.1 Å². The van der Waals surface area contributed by atoms with E-state index in [0.29, 0.717) is 16.5 Å². The number of amides is 2. The van der Waals surface area contributed by atoms with E-state index in [1.165, 1.54) is 4.90 Å². The van der Waals surface area contributed by atoms with Crippen molar-refractivity contribution in [3.63, 3.8) is 0 Å². The van der Waals surface area contributed by atoms with E-state index >= 15 is 0 Å². The van der Waals surface area contributed by atoms with Crippen LogP contribution in [-0.4, -0.2) is 56.0 Å². The van der Waals surface area contributed by atoms with Crippen molar-refractivity contribution in [2.45, 2.75) is 31.2 Å². The number of halogens is 1. The van der Waals surface area contributed by atoms with Gasteiger partial charge in [0.1, 0.15) is 11.5 Å². The zero-order valence-electron chi connectivity index (χ0n) is 16.7. The van der Waals surface area contributed by atoms with Crippen LogP contribution in [0.2, 0.25) is 5.02 Å². The number of rotatable bonds is 4. The molecule has 1 atom stereocenters. The summed E-state index contributed by atoms with van der Waals surface area (Å²) in [5.41, 5.74) is 1.31. The van der Waals surface area contributed by atoms with Gasteiger partial charge >= 0.3 is 0 Å². The molecule has 2 aliphatic rings. The number of benzene rings is 1. The number of carbonyl (C=O) groups excluding carboxylic acids is 2. The van der Waals surface area contributed by atoms with Crippen LogP contribution in [0.3, 0.4) is 0 Å². The van der Waals surface area contributed by atoms with Crippen molar-refractivity contribution in [1.82, 2.24) is 25.1 Å². The summed E-state index contributed by atoms with van der Waals surface area (Å²) in [6.45, 7) is 1.45. The van der Waals surface area contributed by atoms with Crippen LogP contribution in [0.5, 0.6) is 0 Å². The molecule has 2 aliphatic heterocycles. The fraction of sp³-hybridized carbons (Fsp3) is 0.318. The lowest BCUT2D eigenvalue weighted by atomic mass is 9.95. The van der Waals surface area contributed by atoms with Crippen molar-refractivity contribution in [3.05, 3.63) is 59.5 Å². The van der Waals surface area contributed by atoms with Crippen molar-refractivity contribution >= 4 is 29.1 Å². The van der Waals surface area contributed by atoms with Gasteiger partial charge in [-0.25, -0.2) is 9.88 Å². The van der Waals surface area contributed by atoms with Crippen molar-refractivity contribution in [2.75, 3.05) is 18.0 Å². The molecule has 2 aromatic heterocycles. The second kappa shape index (κ2) is 8.20. The highest BCUT2D eigenvalue weighted by atomic mass is 35.5. The maximum absolute atomic E-state index is 13.0. The fourth-order valence-corrected chi connectivity index (χ4v) is 4.44. The molecule has 0 unspecified atom stereocenters. The molecule has 0 radical (unpaired) electrons. The number of pyridine rings is 1. The van der Waals surface area contributed by atoms with E-state index < -0.39 is 6.04 Å². The molecule has 1 N–H and O–H groups in total. The number of hydrogen-bond donors (Lipinski definition) is 1. The maximum Gasteiger partial charge on any atom is 0.251 e. The lowest BCUT2D eigenvalue weighted by molar-refractivity contribution is -0.123. The molecule has 3 aromatic rings. The molecule has 2 fully saturated rings. The molecule has 0 aliphatic carbocycles. The van der Waals surface area contributed by atoms with Gasteiger partial charge in [-0.2, -0.15) is 5.10 Å². The Morgan fingerprint density at radius 1 is 1.03 bits per heavy atom. The first-order valence-electron chi connectivity index (χ1n) is 10.3. The van der Waals surface area contributed by atoms with Crippen molar-refractivity contribution in [3.8, 4) is 11.5 Å². The van der Waals surface area contributed by atoms with E-state index in [1.807, 2.05) is 18.2 Å². The van der Waals surface area contributed by atoms with Crippen LogP contribution in [0.1, 0.15) is 31.0 Å². The first kappa shape index (κ1) is 19.8. The number of anilines is 1. The summed E-state index contributed by atoms with van der Waals surface area (Å²) >= 11 is 5.93. The second-order valence-electron chi connectivity index (χ2n) is 7.83. The first-order valence-corrected chi connectivity index (χ1v) is 10.7. The number of imide groups is 1. The Morgan fingerprint density at radius 3 is 2.52 bits per heavy atom. The number of aromatic amines is 1. The third-order valence-corrected chi connectivity index (χ3v) is 6.21. The molecule has 8 nitrogen and oxygen atoms in total. The molecular formula is C22H21ClN6O2. The monoisotopic (exact) mass is 436 g/mol. The number of carbonyl (C=O) groups is 2. The van der Waals surface area contributed by atoms with Crippen LogP contribution in [0, 0.1) is 0 Å². The molecule has 9 heteroatoms. The van der Waals surface area contributed by atoms with Gasteiger partial charge in [-0.3, -0.25) is 24.6 Å². The summed E-state index contributed by atoms with van der Waals surface area (Å²) in [4.78, 5) is 37.9. The minimum absolute atomic E-state index is 0.164. The van der Waals surface area contributed by atoms with Gasteiger partial charge in [0.25, 0.3) is 5.91 Å². The normalized spacial score (nSPS) is 20.5. The number of nitrogens with one attached hydrogen (secondary N) is 1. The van der Waals surface area contributed by atoms with E-state index in [9.17, 15) is 9.59 Å². The Labute approximate surface area is 184 Å². The molecule has 2 amide bonds. The zero-order chi connectivity index (χ0) is 21.4. The highest BCUT2D eigenvalue weighted by molar-refractivity contribution is 6.30. The molecule has 0 saturated carbocycles. The number of H-pyrrole nitrogens is 1. The Bertz CT molecular complexity index is 1090. The number of likely N-dealkylation sites (tertiary alicyclic amines) is 1. The van der Waals surface area contributed by atoms with Gasteiger partial charge in [0.05, 0.1) is 18.2 Å². The van der Waals surface area contributed by atoms with Crippen LogP contribution in [0.25, 0.3) is 11.5 Å². The van der Waals surface area contributed by atoms with Crippen LogP contribution < -0.4 is 4.90 Å². The summed E-state index contributed by atoms with van der Waals surface area (Å²) in [7, 11) is 0. The van der Waals surface area contributed by atoms with Crippen molar-refractivity contribution in [2.24, 2.45) is 0 Å². The molecule has 0 bridgehead atoms.